The van der Waals surface area contributed by atoms with Crippen LogP contribution in [-0.2, 0) is 0 Å². The summed E-state index contributed by atoms with van der Waals surface area (Å²) in [6, 6.07) is 19.4. The van der Waals surface area contributed by atoms with Crippen LogP contribution in [-0.4, -0.2) is 40.9 Å². The summed E-state index contributed by atoms with van der Waals surface area (Å²) >= 11 is 0. The summed E-state index contributed by atoms with van der Waals surface area (Å²) < 4.78 is 0. The number of allylic oxidation sites excluding steroid dienone is 6. The lowest BCUT2D eigenvalue weighted by molar-refractivity contribution is 0.449. The number of rotatable bonds is 4. The van der Waals surface area contributed by atoms with Crippen molar-refractivity contribution in [3.8, 4) is 68.2 Å². The van der Waals surface area contributed by atoms with E-state index in [0.29, 0.717) is 39.0 Å². The van der Waals surface area contributed by atoms with Crippen LogP contribution >= 0.6 is 0 Å². The van der Waals surface area contributed by atoms with Crippen LogP contribution in [0.3, 0.4) is 0 Å². The molecule has 0 saturated carbocycles. The highest BCUT2D eigenvalue weighted by molar-refractivity contribution is 6.00. The molecule has 5 aromatic carbocycles. The minimum Gasteiger partial charge on any atom is -0.508 e. The summed E-state index contributed by atoms with van der Waals surface area (Å²) in [6.07, 6.45) is 9.92. The maximum Gasteiger partial charge on any atom is 0.119 e. The lowest BCUT2D eigenvalue weighted by Crippen LogP contribution is -2.25. The van der Waals surface area contributed by atoms with Gasteiger partial charge in [0.2, 0.25) is 0 Å². The Morgan fingerprint density at radius 3 is 1.29 bits per heavy atom. The van der Waals surface area contributed by atoms with E-state index < -0.39 is 0 Å². The fourth-order valence-electron chi connectivity index (χ4n) is 7.44. The van der Waals surface area contributed by atoms with E-state index in [1.165, 1.54) is 24.3 Å². The molecule has 0 saturated heterocycles. The van der Waals surface area contributed by atoms with Gasteiger partial charge in [0.25, 0.3) is 0 Å². The quantitative estimate of drug-likeness (QED) is 0.0985. The second-order valence-electron chi connectivity index (χ2n) is 12.3. The second-order valence-corrected chi connectivity index (χ2v) is 12.3. The Hall–Kier alpha value is -6.54. The molecule has 3 aliphatic rings. The molecule has 0 amide bonds. The van der Waals surface area contributed by atoms with E-state index >= 15 is 0 Å². The average molecular weight is 637 g/mol. The van der Waals surface area contributed by atoms with Crippen molar-refractivity contribution in [3.05, 3.63) is 130 Å². The maximum absolute atomic E-state index is 10.5. The first-order chi connectivity index (χ1) is 23.0. The highest BCUT2D eigenvalue weighted by atomic mass is 16.3. The Kier molecular flexibility index (Phi) is 6.32. The number of benzene rings is 5. The van der Waals surface area contributed by atoms with Gasteiger partial charge in [-0.1, -0.05) is 24.3 Å². The summed E-state index contributed by atoms with van der Waals surface area (Å²) in [6.45, 7) is 0. The Morgan fingerprint density at radius 1 is 0.396 bits per heavy atom. The Labute approximate surface area is 274 Å². The molecular formula is C40H28O8. The zero-order chi connectivity index (χ0) is 33.4. The maximum atomic E-state index is 10.5. The number of aromatic hydroxyl groups is 8. The van der Waals surface area contributed by atoms with E-state index in [0.717, 1.165) is 27.8 Å². The molecule has 0 spiro atoms. The molecule has 2 atom stereocenters. The molecule has 236 valence electrons. The van der Waals surface area contributed by atoms with Crippen molar-refractivity contribution < 1.29 is 40.9 Å². The molecule has 8 heteroatoms. The predicted octanol–water partition coefficient (Wildman–Crippen LogP) is 7.97. The third kappa shape index (κ3) is 4.70. The minimum atomic E-state index is -0.357. The molecule has 3 aliphatic carbocycles. The van der Waals surface area contributed by atoms with Gasteiger partial charge in [0.05, 0.1) is 0 Å². The average Bonchev–Trinajstić information content (AvgIpc) is 3.01. The lowest BCUT2D eigenvalue weighted by atomic mass is 9.62. The van der Waals surface area contributed by atoms with Gasteiger partial charge in [-0.3, -0.25) is 0 Å². The fourth-order valence-corrected chi connectivity index (χ4v) is 7.44. The van der Waals surface area contributed by atoms with Crippen LogP contribution in [0.2, 0.25) is 0 Å². The van der Waals surface area contributed by atoms with Gasteiger partial charge >= 0.3 is 0 Å². The van der Waals surface area contributed by atoms with Crippen LogP contribution in [0.1, 0.15) is 33.7 Å². The van der Waals surface area contributed by atoms with E-state index in [-0.39, 0.29) is 57.8 Å². The number of hydrogen-bond acceptors (Lipinski definition) is 8. The van der Waals surface area contributed by atoms with Crippen molar-refractivity contribution in [1.82, 2.24) is 0 Å². The Bertz CT molecular complexity index is 2260. The van der Waals surface area contributed by atoms with Crippen LogP contribution in [0.25, 0.3) is 45.6 Å². The largest absolute Gasteiger partial charge is 0.508 e. The molecule has 2 unspecified atom stereocenters. The van der Waals surface area contributed by atoms with Crippen molar-refractivity contribution in [2.24, 2.45) is 5.92 Å². The molecule has 48 heavy (non-hydrogen) atoms. The SMILES string of the molecule is Oc1cc(O)cc(C2=CC(c3cc(O)cc(O)c3)=C3C=Cc4c(-c5cc(O)cc(O)c5)cc(-c5cc(O)cc(O)c5)c5c4C3C2C=C5)c1. The van der Waals surface area contributed by atoms with Gasteiger partial charge in [-0.2, -0.15) is 0 Å². The van der Waals surface area contributed by atoms with Gasteiger partial charge in [-0.25, -0.2) is 0 Å². The molecule has 8 rings (SSSR count). The van der Waals surface area contributed by atoms with Crippen LogP contribution in [0, 0.1) is 5.92 Å². The first kappa shape index (κ1) is 28.9. The van der Waals surface area contributed by atoms with Gasteiger partial charge in [0, 0.05) is 36.1 Å². The molecule has 0 aromatic heterocycles. The Morgan fingerprint density at radius 2 is 0.812 bits per heavy atom. The van der Waals surface area contributed by atoms with E-state index in [1.807, 2.05) is 36.4 Å². The van der Waals surface area contributed by atoms with Gasteiger partial charge < -0.3 is 40.9 Å². The summed E-state index contributed by atoms with van der Waals surface area (Å²) in [5.41, 5.74) is 8.50. The number of phenols is 8. The van der Waals surface area contributed by atoms with Crippen LogP contribution in [0.15, 0.2) is 103 Å². The van der Waals surface area contributed by atoms with Crippen LogP contribution in [0.5, 0.6) is 46.0 Å². The highest BCUT2D eigenvalue weighted by Crippen LogP contribution is 2.58. The molecular weight excluding hydrogens is 608 g/mol. The first-order valence-electron chi connectivity index (χ1n) is 15.2. The third-order valence-corrected chi connectivity index (χ3v) is 9.20. The molecule has 8 N–H and O–H groups in total. The molecule has 0 bridgehead atoms. The van der Waals surface area contributed by atoms with Crippen LogP contribution < -0.4 is 0 Å². The van der Waals surface area contributed by atoms with E-state index in [1.54, 1.807) is 48.5 Å². The normalized spacial score (nSPS) is 17.3. The molecule has 0 fully saturated rings. The monoisotopic (exact) mass is 636 g/mol. The molecule has 5 aromatic rings. The van der Waals surface area contributed by atoms with E-state index in [2.05, 4.69) is 0 Å². The second kappa shape index (κ2) is 10.5. The van der Waals surface area contributed by atoms with Gasteiger partial charge in [0.1, 0.15) is 46.0 Å². The van der Waals surface area contributed by atoms with Crippen molar-refractivity contribution in [2.45, 2.75) is 5.92 Å². The fraction of sp³-hybridized carbons (Fsp3) is 0.0500. The summed E-state index contributed by atoms with van der Waals surface area (Å²) in [5, 5.41) is 83.8. The zero-order valence-corrected chi connectivity index (χ0v) is 25.1. The van der Waals surface area contributed by atoms with Gasteiger partial charge in [0.15, 0.2) is 0 Å². The first-order valence-corrected chi connectivity index (χ1v) is 15.2. The molecule has 0 aliphatic heterocycles. The van der Waals surface area contributed by atoms with Crippen molar-refractivity contribution >= 4 is 23.3 Å². The predicted molar refractivity (Wildman–Crippen MR) is 183 cm³/mol. The standard InChI is InChI=1S/C40H28O8/c41-23-5-19(6-24(42)13-23)35-17-37(21-9-27(45)15-28(46)10-21)33-3-4-34-38(22-11-29(47)16-30(48)12-22)18-36(20-7-25(43)14-26(44)8-20)32-2-1-31(35)39(33)40(32)34/h1-18,31,39,41-48H. The number of phenolic OH excluding ortho intramolecular Hbond substituents is 8. The smallest absolute Gasteiger partial charge is 0.119 e. The summed E-state index contributed by atoms with van der Waals surface area (Å²) in [5.74, 6) is -1.61. The van der Waals surface area contributed by atoms with Crippen molar-refractivity contribution in [2.75, 3.05) is 0 Å². The van der Waals surface area contributed by atoms with Gasteiger partial charge in [-0.05, 0) is 127 Å². The number of hydrogen-bond donors (Lipinski definition) is 8. The Balaban J connectivity index is 1.48. The minimum absolute atomic E-state index is 0.112. The lowest BCUT2D eigenvalue weighted by Gasteiger charge is -2.41. The molecule has 8 nitrogen and oxygen atoms in total. The van der Waals surface area contributed by atoms with Crippen molar-refractivity contribution in [1.29, 1.82) is 0 Å². The topological polar surface area (TPSA) is 162 Å². The van der Waals surface area contributed by atoms with Gasteiger partial charge in [-0.15, -0.1) is 0 Å². The third-order valence-electron chi connectivity index (χ3n) is 9.20. The molecule has 0 heterocycles. The van der Waals surface area contributed by atoms with E-state index in [4.69, 9.17) is 0 Å². The van der Waals surface area contributed by atoms with Crippen LogP contribution in [0.4, 0.5) is 0 Å². The summed E-state index contributed by atoms with van der Waals surface area (Å²) in [4.78, 5) is 0. The zero-order valence-electron chi connectivity index (χ0n) is 25.1. The summed E-state index contributed by atoms with van der Waals surface area (Å²) in [7, 11) is 0. The highest BCUT2D eigenvalue weighted by Gasteiger charge is 2.40. The van der Waals surface area contributed by atoms with Crippen molar-refractivity contribution in [3.63, 3.8) is 0 Å². The molecule has 0 radical (unpaired) electrons. The van der Waals surface area contributed by atoms with E-state index in [9.17, 15) is 40.9 Å².